The largest absolute Gasteiger partial charge is 0.385 e. The van der Waals surface area contributed by atoms with Crippen molar-refractivity contribution in [3.05, 3.63) is 12.2 Å². The van der Waals surface area contributed by atoms with Crippen molar-refractivity contribution in [3.63, 3.8) is 0 Å². The van der Waals surface area contributed by atoms with Crippen LogP contribution in [0.5, 0.6) is 0 Å². The first-order valence-electron chi connectivity index (χ1n) is 14.1. The highest BCUT2D eigenvalue weighted by molar-refractivity contribution is 5.80. The first-order chi connectivity index (χ1) is 16.3. The molecule has 8 atom stereocenters. The summed E-state index contributed by atoms with van der Waals surface area (Å²) in [5.74, 6) is 3.88. The minimum atomic E-state index is -0.0335. The fourth-order valence-electron chi connectivity index (χ4n) is 9.51. The van der Waals surface area contributed by atoms with E-state index in [1.54, 1.807) is 0 Å². The Kier molecular flexibility index (Phi) is 6.70. The van der Waals surface area contributed by atoms with Crippen molar-refractivity contribution in [2.75, 3.05) is 33.5 Å². The van der Waals surface area contributed by atoms with Crippen LogP contribution in [0.4, 0.5) is 0 Å². The number of fused-ring (bicyclic) bond motifs is 3. The summed E-state index contributed by atoms with van der Waals surface area (Å²) in [5.41, 5.74) is 8.95. The monoisotopic (exact) mass is 471 g/mol. The molecule has 0 amide bonds. The van der Waals surface area contributed by atoms with Crippen molar-refractivity contribution < 1.29 is 9.47 Å². The molecule has 0 aromatic heterocycles. The maximum Gasteiger partial charge on any atom is 0.0701 e. The lowest BCUT2D eigenvalue weighted by molar-refractivity contribution is -0.192. The topological polar surface area (TPSA) is 60.1 Å². The smallest absolute Gasteiger partial charge is 0.0701 e. The van der Waals surface area contributed by atoms with Gasteiger partial charge in [-0.25, -0.2) is 0 Å². The van der Waals surface area contributed by atoms with Crippen LogP contribution < -0.4 is 5.73 Å². The zero-order valence-electron chi connectivity index (χ0n) is 22.2. The molecule has 8 unspecified atom stereocenters. The molecule has 0 aromatic rings. The predicted octanol–water partition coefficient (Wildman–Crippen LogP) is 5.25. The standard InChI is InChI=1S/C29H49N3O2/c1-6-7-25-23-10-12-27(4)24(22(23)11-13-29(25,30)14-15-33-5)8-9-26(27)28(18-34-19-28)17-32-21(3)20(2)16-31-32/h16,21-26H,2,6-15,17-19,30H2,1,3-5H3. The first kappa shape index (κ1) is 24.8. The van der Waals surface area contributed by atoms with E-state index >= 15 is 0 Å². The molecule has 2 N–H and O–H groups in total. The second-order valence-corrected chi connectivity index (χ2v) is 13.0. The van der Waals surface area contributed by atoms with Gasteiger partial charge in [0.15, 0.2) is 0 Å². The van der Waals surface area contributed by atoms with E-state index < -0.39 is 0 Å². The van der Waals surface area contributed by atoms with Crippen LogP contribution in [0.15, 0.2) is 17.3 Å². The highest BCUT2D eigenvalue weighted by Gasteiger charge is 2.64. The average Bonchev–Trinajstić information content (AvgIpc) is 3.31. The van der Waals surface area contributed by atoms with Crippen molar-refractivity contribution in [1.29, 1.82) is 0 Å². The highest BCUT2D eigenvalue weighted by atomic mass is 16.5. The molecule has 4 fully saturated rings. The van der Waals surface area contributed by atoms with Gasteiger partial charge >= 0.3 is 0 Å². The van der Waals surface area contributed by atoms with Crippen molar-refractivity contribution in [2.45, 2.75) is 90.1 Å². The Labute approximate surface area is 207 Å². The lowest BCUT2D eigenvalue weighted by Crippen LogP contribution is -2.61. The summed E-state index contributed by atoms with van der Waals surface area (Å²) in [7, 11) is 1.82. The van der Waals surface area contributed by atoms with Gasteiger partial charge in [-0.2, -0.15) is 5.10 Å². The van der Waals surface area contributed by atoms with Gasteiger partial charge < -0.3 is 15.2 Å². The number of nitrogens with zero attached hydrogens (tertiary/aromatic N) is 2. The van der Waals surface area contributed by atoms with Crippen LogP contribution in [-0.2, 0) is 9.47 Å². The summed E-state index contributed by atoms with van der Waals surface area (Å²) in [5, 5.41) is 7.02. The van der Waals surface area contributed by atoms with Gasteiger partial charge in [0.2, 0.25) is 0 Å². The Bertz CT molecular complexity index is 794. The van der Waals surface area contributed by atoms with Gasteiger partial charge in [0.1, 0.15) is 0 Å². The van der Waals surface area contributed by atoms with Crippen LogP contribution in [0.3, 0.4) is 0 Å². The van der Waals surface area contributed by atoms with Crippen molar-refractivity contribution >= 4 is 6.21 Å². The molecule has 1 saturated heterocycles. The minimum absolute atomic E-state index is 0.0335. The van der Waals surface area contributed by atoms with Gasteiger partial charge in [0.25, 0.3) is 0 Å². The summed E-state index contributed by atoms with van der Waals surface area (Å²) < 4.78 is 11.4. The van der Waals surface area contributed by atoms with E-state index in [0.717, 1.165) is 62.0 Å². The van der Waals surface area contributed by atoms with Crippen molar-refractivity contribution in [3.8, 4) is 0 Å². The molecular weight excluding hydrogens is 422 g/mol. The molecule has 34 heavy (non-hydrogen) atoms. The molecule has 5 heteroatoms. The Morgan fingerprint density at radius 3 is 2.59 bits per heavy atom. The molecule has 0 bridgehead atoms. The first-order valence-corrected chi connectivity index (χ1v) is 14.1. The van der Waals surface area contributed by atoms with E-state index in [0.29, 0.717) is 17.4 Å². The quantitative estimate of drug-likeness (QED) is 0.525. The van der Waals surface area contributed by atoms with Gasteiger partial charge in [0, 0.05) is 31.2 Å². The SMILES string of the molecule is C=C1C=NN(CC2(C3CCC4C5CCC(N)(CCOC)C(CCC)C5CCC43C)COC2)C1C. The van der Waals surface area contributed by atoms with Gasteiger partial charge in [-0.1, -0.05) is 26.8 Å². The molecule has 2 aliphatic heterocycles. The molecule has 3 aliphatic carbocycles. The van der Waals surface area contributed by atoms with Crippen molar-refractivity contribution in [1.82, 2.24) is 5.01 Å². The predicted molar refractivity (Wildman–Crippen MR) is 139 cm³/mol. The lowest BCUT2D eigenvalue weighted by atomic mass is 9.47. The molecule has 5 aliphatic rings. The molecule has 0 radical (unpaired) electrons. The fourth-order valence-corrected chi connectivity index (χ4v) is 9.51. The van der Waals surface area contributed by atoms with E-state index in [9.17, 15) is 0 Å². The number of ether oxygens (including phenoxy) is 2. The molecule has 5 rings (SSSR count). The second-order valence-electron chi connectivity index (χ2n) is 13.0. The van der Waals surface area contributed by atoms with E-state index in [1.165, 1.54) is 51.4 Å². The Morgan fingerprint density at radius 2 is 1.97 bits per heavy atom. The summed E-state index contributed by atoms with van der Waals surface area (Å²) in [6.07, 6.45) is 13.5. The van der Waals surface area contributed by atoms with E-state index in [1.807, 2.05) is 13.3 Å². The van der Waals surface area contributed by atoms with E-state index in [2.05, 4.69) is 32.4 Å². The number of rotatable bonds is 8. The summed E-state index contributed by atoms with van der Waals surface area (Å²) in [6.45, 7) is 15.1. The summed E-state index contributed by atoms with van der Waals surface area (Å²) in [6, 6.07) is 0.316. The zero-order chi connectivity index (χ0) is 24.1. The van der Waals surface area contributed by atoms with Crippen LogP contribution in [0.25, 0.3) is 0 Å². The third-order valence-electron chi connectivity index (χ3n) is 11.4. The molecule has 5 nitrogen and oxygen atoms in total. The number of methoxy groups -OCH3 is 1. The Morgan fingerprint density at radius 1 is 1.21 bits per heavy atom. The van der Waals surface area contributed by atoms with Gasteiger partial charge in [-0.3, -0.25) is 5.01 Å². The third-order valence-corrected chi connectivity index (χ3v) is 11.4. The number of nitrogens with two attached hydrogens (primary N) is 1. The van der Waals surface area contributed by atoms with Crippen LogP contribution in [0.2, 0.25) is 0 Å². The molecule has 0 aromatic carbocycles. The zero-order valence-corrected chi connectivity index (χ0v) is 22.2. The van der Waals surface area contributed by atoms with Gasteiger partial charge in [-0.05, 0) is 98.9 Å². The normalized spacial score (nSPS) is 45.2. The molecule has 2 heterocycles. The summed E-state index contributed by atoms with van der Waals surface area (Å²) >= 11 is 0. The molecule has 3 saturated carbocycles. The van der Waals surface area contributed by atoms with Crippen molar-refractivity contribution in [2.24, 2.45) is 51.3 Å². The number of hydrazone groups is 1. The maximum absolute atomic E-state index is 7.17. The van der Waals surface area contributed by atoms with Gasteiger partial charge in [-0.15, -0.1) is 0 Å². The molecule has 192 valence electrons. The average molecular weight is 472 g/mol. The number of hydrogen-bond acceptors (Lipinski definition) is 5. The van der Waals surface area contributed by atoms with Crippen LogP contribution in [0, 0.1) is 40.4 Å². The Hall–Kier alpha value is -0.910. The van der Waals surface area contributed by atoms with Crippen LogP contribution in [0.1, 0.15) is 78.6 Å². The Balaban J connectivity index is 1.36. The minimum Gasteiger partial charge on any atom is -0.385 e. The van der Waals surface area contributed by atoms with E-state index in [4.69, 9.17) is 20.3 Å². The van der Waals surface area contributed by atoms with Crippen LogP contribution >= 0.6 is 0 Å². The van der Waals surface area contributed by atoms with Crippen LogP contribution in [-0.4, -0.2) is 56.3 Å². The highest BCUT2D eigenvalue weighted by Crippen LogP contribution is 2.67. The molecule has 0 spiro atoms. The summed E-state index contributed by atoms with van der Waals surface area (Å²) in [4.78, 5) is 0. The van der Waals surface area contributed by atoms with Gasteiger partial charge in [0.05, 0.1) is 25.5 Å². The molecular formula is C29H49N3O2. The third kappa shape index (κ3) is 3.80. The van der Waals surface area contributed by atoms with E-state index in [-0.39, 0.29) is 11.0 Å². The number of hydrogen-bond donors (Lipinski definition) is 1. The fraction of sp³-hybridized carbons (Fsp3) is 0.897. The lowest BCUT2D eigenvalue weighted by Gasteiger charge is -2.60. The maximum atomic E-state index is 7.17. The second kappa shape index (κ2) is 9.19.